The standard InChI is InChI=1S/C46H41N5O7.C13H19NO3.C12H17NO4/c1-27-13-35-37(47-22-33-17-30-9-5-7-11-39(30)50(33)45(35)53)20-41(27)57-25-28-14-29(16-32(15-28)49(2)24-44(52)56-4)26-58-43-21-38-36(19-42(43)55-3)46(54)51-34(23-48-38)18-31-10-6-8-12-40(31)51;1-4-10-5-11(9-15)7-12(6-10)14(2)8-13(16)17-3;1-13(6-12(16)17-2)11-4-9(7-14)3-10(5-11)8-15/h5-16,19-23,33-34H,17-18,24-26H2,1-4H3;5-7,15H,4,8-9H2,1-3H3;3-5,14-15H,6-8H2,1-2H3/t33-,34-;;/m0../s1. The zero-order valence-electron chi connectivity index (χ0n) is 53.2. The summed E-state index contributed by atoms with van der Waals surface area (Å²) in [4.78, 5) is 80.8. The Hall–Kier alpha value is -10.1. The van der Waals surface area contributed by atoms with Crippen LogP contribution in [0.3, 0.4) is 0 Å². The molecule has 2 amide bonds. The number of rotatable bonds is 20. The van der Waals surface area contributed by atoms with Crippen molar-refractivity contribution in [3.63, 3.8) is 0 Å². The lowest BCUT2D eigenvalue weighted by Crippen LogP contribution is -2.37. The van der Waals surface area contributed by atoms with Crippen LogP contribution in [0.25, 0.3) is 0 Å². The minimum Gasteiger partial charge on any atom is -0.493 e. The van der Waals surface area contributed by atoms with Crippen molar-refractivity contribution in [1.29, 1.82) is 0 Å². The molecule has 480 valence electrons. The molecule has 2 atom stereocenters. The Kier molecular flexibility index (Phi) is 21.7. The zero-order chi connectivity index (χ0) is 65.8. The summed E-state index contributed by atoms with van der Waals surface area (Å²) < 4.78 is 32.7. The fourth-order valence-electron chi connectivity index (χ4n) is 11.3. The van der Waals surface area contributed by atoms with Gasteiger partial charge in [0.1, 0.15) is 38.6 Å². The number of para-hydroxylation sites is 2. The van der Waals surface area contributed by atoms with Gasteiger partial charge in [-0.25, -0.2) is 0 Å². The number of aliphatic hydroxyl groups is 3. The van der Waals surface area contributed by atoms with Gasteiger partial charge in [-0.3, -0.25) is 43.8 Å². The number of esters is 3. The average molecular weight is 1250 g/mol. The number of methoxy groups -OCH3 is 4. The minimum absolute atomic E-state index is 0.00685. The average Bonchev–Trinajstić information content (AvgIpc) is 1.61. The van der Waals surface area contributed by atoms with E-state index in [1.54, 1.807) is 59.2 Å². The maximum Gasteiger partial charge on any atom is 0.325 e. The second kappa shape index (κ2) is 30.1. The minimum atomic E-state index is -0.379. The Morgan fingerprint density at radius 2 is 0.880 bits per heavy atom. The summed E-state index contributed by atoms with van der Waals surface area (Å²) in [5.74, 6) is 0.208. The molecule has 4 aliphatic rings. The van der Waals surface area contributed by atoms with E-state index in [-0.39, 0.29) is 94.5 Å². The Balaban J connectivity index is 0.000000239. The molecule has 0 unspecified atom stereocenters. The van der Waals surface area contributed by atoms with Crippen molar-refractivity contribution in [3.8, 4) is 17.2 Å². The zero-order valence-corrected chi connectivity index (χ0v) is 53.2. The molecule has 4 aliphatic heterocycles. The molecule has 11 rings (SSSR count). The highest BCUT2D eigenvalue weighted by molar-refractivity contribution is 6.16. The van der Waals surface area contributed by atoms with E-state index >= 15 is 0 Å². The summed E-state index contributed by atoms with van der Waals surface area (Å²) in [5, 5.41) is 27.4. The third-order valence-corrected chi connectivity index (χ3v) is 16.2. The first-order valence-electron chi connectivity index (χ1n) is 30.0. The molecule has 0 bridgehead atoms. The van der Waals surface area contributed by atoms with E-state index in [1.165, 1.54) is 21.3 Å². The first-order chi connectivity index (χ1) is 44.4. The summed E-state index contributed by atoms with van der Waals surface area (Å²) in [6.45, 7) is 4.45. The van der Waals surface area contributed by atoms with Crippen molar-refractivity contribution >= 4 is 82.0 Å². The fraction of sp³-hybridized carbons (Fsp3) is 0.310. The van der Waals surface area contributed by atoms with Gasteiger partial charge in [0.05, 0.1) is 82.8 Å². The quantitative estimate of drug-likeness (QED) is 0.0476. The highest BCUT2D eigenvalue weighted by Crippen LogP contribution is 2.42. The van der Waals surface area contributed by atoms with Crippen LogP contribution in [-0.4, -0.2) is 139 Å². The molecule has 0 saturated carbocycles. The van der Waals surface area contributed by atoms with Gasteiger partial charge in [0.25, 0.3) is 11.8 Å². The van der Waals surface area contributed by atoms with Crippen LogP contribution in [0.2, 0.25) is 0 Å². The number of hydrogen-bond donors (Lipinski definition) is 3. The number of fused-ring (bicyclic) bond motifs is 8. The number of benzene rings is 7. The molecule has 0 saturated heterocycles. The summed E-state index contributed by atoms with van der Waals surface area (Å²) in [7, 11) is 11.0. The molecular weight excluding hydrogens is 1170 g/mol. The number of nitrogens with zero attached hydrogens (tertiary/aromatic N) is 7. The first-order valence-corrected chi connectivity index (χ1v) is 30.0. The molecule has 92 heavy (non-hydrogen) atoms. The van der Waals surface area contributed by atoms with Gasteiger partial charge in [-0.1, -0.05) is 55.5 Å². The van der Waals surface area contributed by atoms with Crippen LogP contribution in [-0.2, 0) is 80.9 Å². The molecule has 7 aromatic rings. The van der Waals surface area contributed by atoms with Crippen LogP contribution in [0.4, 0.5) is 39.8 Å². The van der Waals surface area contributed by atoms with Crippen molar-refractivity contribution < 1.29 is 67.7 Å². The summed E-state index contributed by atoms with van der Waals surface area (Å²) in [6, 6.07) is 39.6. The van der Waals surface area contributed by atoms with Crippen LogP contribution >= 0.6 is 0 Å². The first kappa shape index (κ1) is 66.3. The van der Waals surface area contributed by atoms with Crippen molar-refractivity contribution in [2.24, 2.45) is 9.98 Å². The molecule has 0 radical (unpaired) electrons. The normalized spacial score (nSPS) is 14.4. The van der Waals surface area contributed by atoms with Crippen molar-refractivity contribution in [2.75, 3.05) is 93.7 Å². The van der Waals surface area contributed by atoms with Crippen LogP contribution in [0.15, 0.2) is 137 Å². The van der Waals surface area contributed by atoms with Crippen LogP contribution in [0, 0.1) is 6.92 Å². The second-order valence-corrected chi connectivity index (χ2v) is 22.6. The largest absolute Gasteiger partial charge is 0.493 e. The third kappa shape index (κ3) is 15.4. The number of anilines is 5. The Bertz CT molecular complexity index is 3820. The number of aliphatic hydroxyl groups excluding tert-OH is 3. The molecule has 21 nitrogen and oxygen atoms in total. The number of carbonyl (C=O) groups is 5. The molecule has 0 aliphatic carbocycles. The van der Waals surface area contributed by atoms with Crippen LogP contribution in [0.5, 0.6) is 17.2 Å². The smallest absolute Gasteiger partial charge is 0.325 e. The van der Waals surface area contributed by atoms with E-state index in [9.17, 15) is 29.1 Å². The number of ether oxygens (including phenoxy) is 6. The maximum absolute atomic E-state index is 13.9. The SMILES string of the molecule is CCc1cc(CO)cc(N(C)CC(=O)OC)c1.COC(=O)CN(C)c1cc(CO)cc(CO)c1.COC(=O)CN(C)c1cc(COc2cc3c(cc2C)C(=O)N2c4ccccc4C[C@H]2C=N3)cc(COc2cc3c(cc2OC)C(=O)N2c4ccccc4C[C@H]2C=N3)c1. The number of hydrogen-bond acceptors (Lipinski definition) is 19. The number of carbonyl (C=O) groups excluding carboxylic acids is 5. The monoisotopic (exact) mass is 1250 g/mol. The lowest BCUT2D eigenvalue weighted by Gasteiger charge is -2.22. The van der Waals surface area contributed by atoms with Gasteiger partial charge in [-0.2, -0.15) is 0 Å². The van der Waals surface area contributed by atoms with Crippen LogP contribution < -0.4 is 38.7 Å². The van der Waals surface area contributed by atoms with Gasteiger partial charge in [-0.05, 0) is 130 Å². The highest BCUT2D eigenvalue weighted by atomic mass is 16.5. The van der Waals surface area contributed by atoms with E-state index < -0.39 is 0 Å². The predicted molar refractivity (Wildman–Crippen MR) is 353 cm³/mol. The van der Waals surface area contributed by atoms with Gasteiger partial charge >= 0.3 is 17.9 Å². The van der Waals surface area contributed by atoms with Gasteiger partial charge in [0.2, 0.25) is 0 Å². The fourth-order valence-corrected chi connectivity index (χ4v) is 11.3. The number of aryl methyl sites for hydroxylation is 2. The van der Waals surface area contributed by atoms with Crippen molar-refractivity contribution in [1.82, 2.24) is 0 Å². The van der Waals surface area contributed by atoms with E-state index in [0.717, 1.165) is 80.2 Å². The summed E-state index contributed by atoms with van der Waals surface area (Å²) in [5.41, 5.74) is 14.3. The van der Waals surface area contributed by atoms with Gasteiger partial charge in [-0.15, -0.1) is 0 Å². The Labute approximate surface area is 535 Å². The lowest BCUT2D eigenvalue weighted by atomic mass is 10.1. The van der Waals surface area contributed by atoms with E-state index in [4.69, 9.17) is 39.1 Å². The molecule has 21 heteroatoms. The molecule has 7 aromatic carbocycles. The van der Waals surface area contributed by atoms with Crippen molar-refractivity contribution in [2.45, 2.75) is 78.2 Å². The number of likely N-dealkylation sites (N-methyl/N-ethyl adjacent to an activating group) is 3. The number of aliphatic imine (C=N–C) groups is 2. The maximum atomic E-state index is 13.9. The van der Waals surface area contributed by atoms with Crippen LogP contribution in [0.1, 0.15) is 77.7 Å². The molecule has 0 spiro atoms. The topological polar surface area (TPSA) is 242 Å². The molecule has 3 N–H and O–H groups in total. The van der Waals surface area contributed by atoms with Gasteiger partial charge in [0, 0.05) is 87.0 Å². The summed E-state index contributed by atoms with van der Waals surface area (Å²) >= 11 is 0. The third-order valence-electron chi connectivity index (χ3n) is 16.2. The van der Waals surface area contributed by atoms with Crippen molar-refractivity contribution in [3.05, 3.63) is 189 Å². The highest BCUT2D eigenvalue weighted by Gasteiger charge is 2.38. The molecule has 0 aromatic heterocycles. The molecule has 0 fully saturated rings. The van der Waals surface area contributed by atoms with Gasteiger partial charge in [0.15, 0.2) is 11.5 Å². The predicted octanol–water partition coefficient (Wildman–Crippen LogP) is 8.98. The number of amides is 2. The molecule has 4 heterocycles. The summed E-state index contributed by atoms with van der Waals surface area (Å²) in [6.07, 6.45) is 5.98. The van der Waals surface area contributed by atoms with Gasteiger partial charge < -0.3 is 58.4 Å². The van der Waals surface area contributed by atoms with E-state index in [2.05, 4.69) is 22.5 Å². The van der Waals surface area contributed by atoms with E-state index in [1.807, 2.05) is 134 Å². The lowest BCUT2D eigenvalue weighted by molar-refractivity contribution is -0.139. The second-order valence-electron chi connectivity index (χ2n) is 22.6. The Morgan fingerprint density at radius 3 is 1.30 bits per heavy atom. The Morgan fingerprint density at radius 1 is 0.500 bits per heavy atom. The molecular formula is C71H77N7O14. The van der Waals surface area contributed by atoms with E-state index in [0.29, 0.717) is 57.3 Å².